The highest BCUT2D eigenvalue weighted by Gasteiger charge is 2.32. The van der Waals surface area contributed by atoms with E-state index in [4.69, 9.17) is 5.73 Å². The Kier molecular flexibility index (Phi) is 11.4. The highest BCUT2D eigenvalue weighted by Crippen LogP contribution is 2.07. The molecule has 0 aromatic heterocycles. The summed E-state index contributed by atoms with van der Waals surface area (Å²) in [7, 11) is 0. The van der Waals surface area contributed by atoms with Crippen LogP contribution in [0.15, 0.2) is 60.7 Å². The van der Waals surface area contributed by atoms with Crippen molar-refractivity contribution >= 4 is 36.3 Å². The number of carboxylic acid groups (broad SMARTS) is 1. The topological polar surface area (TPSA) is 171 Å². The molecule has 5 unspecified atom stereocenters. The van der Waals surface area contributed by atoms with Crippen LogP contribution in [0.2, 0.25) is 0 Å². The van der Waals surface area contributed by atoms with Crippen LogP contribution in [-0.2, 0) is 32.0 Å². The monoisotopic (exact) mass is 516 g/mol. The molecule has 5 atom stereocenters. The molecule has 0 fully saturated rings. The minimum Gasteiger partial charge on any atom is -0.480 e. The van der Waals surface area contributed by atoms with Crippen molar-refractivity contribution in [2.24, 2.45) is 5.73 Å². The molecule has 0 radical (unpaired) electrons. The van der Waals surface area contributed by atoms with Gasteiger partial charge in [0.25, 0.3) is 0 Å². The number of carboxylic acids is 1. The Hall–Kier alpha value is -3.41. The van der Waals surface area contributed by atoms with Crippen molar-refractivity contribution in [3.63, 3.8) is 0 Å². The van der Waals surface area contributed by atoms with Crippen LogP contribution in [0.5, 0.6) is 0 Å². The summed E-state index contributed by atoms with van der Waals surface area (Å²) in [6.45, 7) is 1.29. The number of rotatable bonds is 13. The molecule has 0 aliphatic carbocycles. The van der Waals surface area contributed by atoms with Gasteiger partial charge < -0.3 is 31.9 Å². The molecule has 2 aromatic rings. The Morgan fingerprint density at radius 1 is 0.806 bits per heavy atom. The van der Waals surface area contributed by atoms with E-state index in [1.807, 2.05) is 0 Å². The molecule has 0 aliphatic rings. The molecule has 0 bridgehead atoms. The third-order valence-electron chi connectivity index (χ3n) is 5.41. The van der Waals surface area contributed by atoms with E-state index in [1.165, 1.54) is 6.92 Å². The van der Waals surface area contributed by atoms with Gasteiger partial charge in [0.2, 0.25) is 17.7 Å². The maximum Gasteiger partial charge on any atom is 0.326 e. The van der Waals surface area contributed by atoms with Gasteiger partial charge >= 0.3 is 5.97 Å². The van der Waals surface area contributed by atoms with Gasteiger partial charge in [0, 0.05) is 18.6 Å². The summed E-state index contributed by atoms with van der Waals surface area (Å²) >= 11 is 4.00. The Morgan fingerprint density at radius 3 is 1.72 bits per heavy atom. The second kappa shape index (κ2) is 14.2. The predicted octanol–water partition coefficient (Wildman–Crippen LogP) is -0.351. The van der Waals surface area contributed by atoms with Crippen LogP contribution < -0.4 is 21.7 Å². The lowest BCUT2D eigenvalue weighted by Gasteiger charge is -2.26. The normalized spacial score (nSPS) is 15.0. The van der Waals surface area contributed by atoms with Crippen LogP contribution in [0, 0.1) is 0 Å². The molecule has 2 aromatic carbocycles. The van der Waals surface area contributed by atoms with E-state index in [-0.39, 0.29) is 18.6 Å². The number of amides is 3. The van der Waals surface area contributed by atoms with Gasteiger partial charge in [-0.3, -0.25) is 14.4 Å². The van der Waals surface area contributed by atoms with Crippen LogP contribution in [0.25, 0.3) is 0 Å². The minimum atomic E-state index is -1.47. The van der Waals surface area contributed by atoms with Gasteiger partial charge in [-0.1, -0.05) is 60.7 Å². The molecule has 0 spiro atoms. The lowest BCUT2D eigenvalue weighted by atomic mass is 10.0. The van der Waals surface area contributed by atoms with Gasteiger partial charge in [-0.2, -0.15) is 12.6 Å². The molecule has 194 valence electrons. The van der Waals surface area contributed by atoms with Crippen LogP contribution in [-0.4, -0.2) is 69.9 Å². The standard InChI is InChI=1S/C25H32N4O6S/c1-15(30)21(24(33)28-20(25(34)35)13-17-10-6-3-7-11-17)29-23(32)19(27-22(31)18(26)14-36)12-16-8-4-2-5-9-16/h2-11,15,18-21,30,36H,12-14,26H2,1H3,(H,27,31)(H,28,33)(H,29,32)(H,34,35). The van der Waals surface area contributed by atoms with Crippen molar-refractivity contribution in [3.05, 3.63) is 71.8 Å². The van der Waals surface area contributed by atoms with E-state index in [1.54, 1.807) is 60.7 Å². The number of hydrogen-bond acceptors (Lipinski definition) is 7. The predicted molar refractivity (Wildman–Crippen MR) is 137 cm³/mol. The largest absolute Gasteiger partial charge is 0.480 e. The molecule has 36 heavy (non-hydrogen) atoms. The van der Waals surface area contributed by atoms with E-state index in [0.717, 1.165) is 5.56 Å². The first-order chi connectivity index (χ1) is 17.1. The highest BCUT2D eigenvalue weighted by molar-refractivity contribution is 7.80. The number of thiol groups is 1. The fourth-order valence-electron chi connectivity index (χ4n) is 3.39. The van der Waals surface area contributed by atoms with Crippen LogP contribution >= 0.6 is 12.6 Å². The van der Waals surface area contributed by atoms with E-state index < -0.39 is 54.0 Å². The summed E-state index contributed by atoms with van der Waals surface area (Å²) in [6, 6.07) is 12.8. The molecule has 10 nitrogen and oxygen atoms in total. The summed E-state index contributed by atoms with van der Waals surface area (Å²) in [5.41, 5.74) is 7.15. The molecular weight excluding hydrogens is 484 g/mol. The Labute approximate surface area is 215 Å². The maximum atomic E-state index is 13.1. The molecule has 0 aliphatic heterocycles. The smallest absolute Gasteiger partial charge is 0.326 e. The zero-order valence-electron chi connectivity index (χ0n) is 19.8. The lowest BCUT2D eigenvalue weighted by Crippen LogP contribution is -2.60. The number of carbonyl (C=O) groups excluding carboxylic acids is 3. The second-order valence-corrected chi connectivity index (χ2v) is 8.72. The SMILES string of the molecule is CC(O)C(NC(=O)C(Cc1ccccc1)NC(=O)C(N)CS)C(=O)NC(Cc1ccccc1)C(=O)O. The second-order valence-electron chi connectivity index (χ2n) is 8.36. The summed E-state index contributed by atoms with van der Waals surface area (Å²) in [4.78, 5) is 50.2. The molecule has 0 saturated heterocycles. The quantitative estimate of drug-likeness (QED) is 0.178. The highest BCUT2D eigenvalue weighted by atomic mass is 32.1. The number of aliphatic hydroxyl groups excluding tert-OH is 1. The summed E-state index contributed by atoms with van der Waals surface area (Å²) in [6.07, 6.45) is -1.25. The van der Waals surface area contributed by atoms with Gasteiger partial charge in [0.15, 0.2) is 0 Å². The number of aliphatic hydroxyl groups is 1. The van der Waals surface area contributed by atoms with E-state index >= 15 is 0 Å². The Morgan fingerprint density at radius 2 is 1.28 bits per heavy atom. The Bertz CT molecular complexity index is 1020. The number of hydrogen-bond donors (Lipinski definition) is 7. The third kappa shape index (κ3) is 8.99. The first kappa shape index (κ1) is 28.8. The summed E-state index contributed by atoms with van der Waals surface area (Å²) < 4.78 is 0. The van der Waals surface area contributed by atoms with Crippen LogP contribution in [0.1, 0.15) is 18.1 Å². The Balaban J connectivity index is 2.17. The van der Waals surface area contributed by atoms with Crippen LogP contribution in [0.3, 0.4) is 0 Å². The minimum absolute atomic E-state index is 0.0106. The number of aliphatic carboxylic acids is 1. The average molecular weight is 517 g/mol. The van der Waals surface area contributed by atoms with Crippen molar-refractivity contribution in [2.75, 3.05) is 5.75 Å². The fraction of sp³-hybridized carbons (Fsp3) is 0.360. The third-order valence-corrected chi connectivity index (χ3v) is 5.80. The average Bonchev–Trinajstić information content (AvgIpc) is 2.86. The van der Waals surface area contributed by atoms with Gasteiger partial charge in [-0.25, -0.2) is 4.79 Å². The molecule has 3 amide bonds. The van der Waals surface area contributed by atoms with E-state index in [0.29, 0.717) is 5.56 Å². The molecule has 0 saturated carbocycles. The molecule has 2 rings (SSSR count). The zero-order valence-corrected chi connectivity index (χ0v) is 20.7. The first-order valence-corrected chi connectivity index (χ1v) is 12.0. The van der Waals surface area contributed by atoms with E-state index in [9.17, 15) is 29.4 Å². The van der Waals surface area contributed by atoms with E-state index in [2.05, 4.69) is 28.6 Å². The molecule has 0 heterocycles. The molecule has 11 heteroatoms. The van der Waals surface area contributed by atoms with Crippen molar-refractivity contribution in [3.8, 4) is 0 Å². The van der Waals surface area contributed by atoms with Crippen LogP contribution in [0.4, 0.5) is 0 Å². The summed E-state index contributed by atoms with van der Waals surface area (Å²) in [5.74, 6) is -3.43. The number of nitrogens with two attached hydrogens (primary N) is 1. The number of benzene rings is 2. The lowest BCUT2D eigenvalue weighted by molar-refractivity contribution is -0.143. The van der Waals surface area contributed by atoms with Gasteiger partial charge in [0.05, 0.1) is 12.1 Å². The molecule has 7 N–H and O–H groups in total. The number of nitrogens with one attached hydrogen (secondary N) is 3. The van der Waals surface area contributed by atoms with Gasteiger partial charge in [-0.15, -0.1) is 0 Å². The number of carbonyl (C=O) groups is 4. The first-order valence-electron chi connectivity index (χ1n) is 11.4. The fourth-order valence-corrected chi connectivity index (χ4v) is 3.56. The van der Waals surface area contributed by atoms with Crippen molar-refractivity contribution in [2.45, 2.75) is 50.0 Å². The molecular formula is C25H32N4O6S. The summed E-state index contributed by atoms with van der Waals surface area (Å²) in [5, 5.41) is 27.2. The van der Waals surface area contributed by atoms with Crippen molar-refractivity contribution in [1.82, 2.24) is 16.0 Å². The van der Waals surface area contributed by atoms with Crippen molar-refractivity contribution in [1.29, 1.82) is 0 Å². The van der Waals surface area contributed by atoms with Crippen molar-refractivity contribution < 1.29 is 29.4 Å². The maximum absolute atomic E-state index is 13.1. The zero-order chi connectivity index (χ0) is 26.7. The van der Waals surface area contributed by atoms with Gasteiger partial charge in [0.1, 0.15) is 18.1 Å². The van der Waals surface area contributed by atoms with Gasteiger partial charge in [-0.05, 0) is 18.1 Å².